The molecule has 1 aliphatic rings. The van der Waals surface area contributed by atoms with Crippen molar-refractivity contribution in [1.29, 1.82) is 0 Å². The van der Waals surface area contributed by atoms with Gasteiger partial charge in [-0.25, -0.2) is 13.1 Å². The lowest BCUT2D eigenvalue weighted by molar-refractivity contribution is -0.121. The number of nitrogens with zero attached hydrogens (tertiary/aromatic N) is 1. The van der Waals surface area contributed by atoms with Crippen molar-refractivity contribution in [3.05, 3.63) is 28.7 Å². The summed E-state index contributed by atoms with van der Waals surface area (Å²) in [4.78, 5) is 14.7. The second-order valence-corrected chi connectivity index (χ2v) is 9.92. The number of benzene rings is 1. The number of sulfonamides is 1. The minimum absolute atomic E-state index is 0.0778. The van der Waals surface area contributed by atoms with Crippen LogP contribution in [0.25, 0.3) is 0 Å². The van der Waals surface area contributed by atoms with Gasteiger partial charge in [0.25, 0.3) is 0 Å². The number of hydrogen-bond donors (Lipinski definition) is 2. The summed E-state index contributed by atoms with van der Waals surface area (Å²) in [5, 5.41) is 2.93. The van der Waals surface area contributed by atoms with Gasteiger partial charge < -0.3 is 5.32 Å². The van der Waals surface area contributed by atoms with E-state index in [0.29, 0.717) is 6.54 Å². The number of halogens is 1. The summed E-state index contributed by atoms with van der Waals surface area (Å²) in [5.41, 5.74) is -0.0903. The highest BCUT2D eigenvalue weighted by Gasteiger charge is 2.28. The van der Waals surface area contributed by atoms with E-state index in [1.165, 1.54) is 31.4 Å². The average Bonchev–Trinajstić information content (AvgIpc) is 2.61. The molecule has 1 saturated heterocycles. The molecule has 26 heavy (non-hydrogen) atoms. The smallest absolute Gasteiger partial charge is 0.240 e. The van der Waals surface area contributed by atoms with E-state index in [1.807, 2.05) is 0 Å². The van der Waals surface area contributed by atoms with Gasteiger partial charge in [-0.2, -0.15) is 0 Å². The van der Waals surface area contributed by atoms with Crippen molar-refractivity contribution in [2.24, 2.45) is 0 Å². The lowest BCUT2D eigenvalue weighted by atomic mass is 9.98. The van der Waals surface area contributed by atoms with Crippen LogP contribution in [0.4, 0.5) is 0 Å². The van der Waals surface area contributed by atoms with Crippen molar-refractivity contribution in [2.75, 3.05) is 26.2 Å². The molecule has 8 heteroatoms. The van der Waals surface area contributed by atoms with Crippen LogP contribution in [0.1, 0.15) is 39.5 Å². The first-order chi connectivity index (χ1) is 12.2. The first kappa shape index (κ1) is 21.3. The topological polar surface area (TPSA) is 78.5 Å². The van der Waals surface area contributed by atoms with E-state index in [4.69, 9.17) is 0 Å². The zero-order valence-corrected chi connectivity index (χ0v) is 17.8. The van der Waals surface area contributed by atoms with Gasteiger partial charge in [0.15, 0.2) is 0 Å². The van der Waals surface area contributed by atoms with Crippen LogP contribution in [-0.4, -0.2) is 50.9 Å². The van der Waals surface area contributed by atoms with E-state index in [1.54, 1.807) is 12.1 Å². The highest BCUT2D eigenvalue weighted by Crippen LogP contribution is 2.19. The zero-order valence-electron chi connectivity index (χ0n) is 15.4. The number of likely N-dealkylation sites (tertiary alicyclic amines) is 1. The van der Waals surface area contributed by atoms with E-state index in [0.717, 1.165) is 17.6 Å². The number of nitrogens with one attached hydrogen (secondary N) is 2. The van der Waals surface area contributed by atoms with Crippen molar-refractivity contribution < 1.29 is 13.2 Å². The van der Waals surface area contributed by atoms with Crippen LogP contribution in [-0.2, 0) is 14.8 Å². The van der Waals surface area contributed by atoms with Crippen molar-refractivity contribution in [2.45, 2.75) is 50.0 Å². The minimum atomic E-state index is -3.59. The summed E-state index contributed by atoms with van der Waals surface area (Å²) in [7, 11) is -3.59. The van der Waals surface area contributed by atoms with Crippen LogP contribution < -0.4 is 10.0 Å². The summed E-state index contributed by atoms with van der Waals surface area (Å²) in [5.74, 6) is -0.145. The van der Waals surface area contributed by atoms with Gasteiger partial charge in [-0.15, -0.1) is 0 Å². The van der Waals surface area contributed by atoms with E-state index in [2.05, 4.69) is 44.7 Å². The highest BCUT2D eigenvalue weighted by atomic mass is 79.9. The van der Waals surface area contributed by atoms with Gasteiger partial charge in [0, 0.05) is 29.5 Å². The van der Waals surface area contributed by atoms with Crippen LogP contribution in [0.2, 0.25) is 0 Å². The monoisotopic (exact) mass is 445 g/mol. The molecule has 2 N–H and O–H groups in total. The van der Waals surface area contributed by atoms with Crippen LogP contribution in [0.5, 0.6) is 0 Å². The summed E-state index contributed by atoms with van der Waals surface area (Å²) in [6.07, 6.45) is 3.80. The molecule has 0 aromatic heterocycles. The summed E-state index contributed by atoms with van der Waals surface area (Å²) < 4.78 is 27.7. The molecule has 0 atom stereocenters. The van der Waals surface area contributed by atoms with Gasteiger partial charge in [-0.1, -0.05) is 22.4 Å². The fraction of sp³-hybridized carbons (Fsp3) is 0.611. The van der Waals surface area contributed by atoms with Crippen molar-refractivity contribution in [1.82, 2.24) is 14.9 Å². The number of carbonyl (C=O) groups excluding carboxylic acids is 1. The van der Waals surface area contributed by atoms with Gasteiger partial charge in [-0.3, -0.25) is 9.69 Å². The third kappa shape index (κ3) is 6.33. The standard InChI is InChI=1S/C18H28BrN3O3S/c1-18(2,22-12-4-3-5-13-22)14-20-17(23)10-11-21-26(24,25)16-8-6-15(19)7-9-16/h6-9,21H,3-5,10-14H2,1-2H3,(H,20,23). The Balaban J connectivity index is 1.75. The Morgan fingerprint density at radius 2 is 1.77 bits per heavy atom. The van der Waals surface area contributed by atoms with E-state index in [9.17, 15) is 13.2 Å². The molecule has 0 radical (unpaired) electrons. The maximum absolute atomic E-state index is 12.2. The van der Waals surface area contributed by atoms with Gasteiger partial charge >= 0.3 is 0 Å². The van der Waals surface area contributed by atoms with Crippen LogP contribution in [0, 0.1) is 0 Å². The molecule has 1 heterocycles. The van der Waals surface area contributed by atoms with Crippen molar-refractivity contribution in [3.63, 3.8) is 0 Å². The Morgan fingerprint density at radius 1 is 1.15 bits per heavy atom. The van der Waals surface area contributed by atoms with Gasteiger partial charge in [0.1, 0.15) is 0 Å². The van der Waals surface area contributed by atoms with Gasteiger partial charge in [0.2, 0.25) is 15.9 Å². The van der Waals surface area contributed by atoms with Crippen molar-refractivity contribution in [3.8, 4) is 0 Å². The molecule has 0 saturated carbocycles. The summed E-state index contributed by atoms with van der Waals surface area (Å²) >= 11 is 3.27. The maximum Gasteiger partial charge on any atom is 0.240 e. The Hall–Kier alpha value is -0.960. The molecule has 0 spiro atoms. The molecule has 1 aromatic carbocycles. The molecule has 146 valence electrons. The quantitative estimate of drug-likeness (QED) is 0.643. The third-order valence-electron chi connectivity index (χ3n) is 4.70. The maximum atomic E-state index is 12.2. The molecule has 2 rings (SSSR count). The van der Waals surface area contributed by atoms with Crippen molar-refractivity contribution >= 4 is 31.9 Å². The lowest BCUT2D eigenvalue weighted by Crippen LogP contribution is -2.53. The highest BCUT2D eigenvalue weighted by molar-refractivity contribution is 9.10. The Labute approximate surface area is 164 Å². The molecule has 6 nitrogen and oxygen atoms in total. The van der Waals surface area contributed by atoms with E-state index < -0.39 is 10.0 Å². The van der Waals surface area contributed by atoms with Gasteiger partial charge in [0.05, 0.1) is 4.90 Å². The molecule has 1 fully saturated rings. The molecule has 1 aliphatic heterocycles. The molecule has 1 amide bonds. The fourth-order valence-electron chi connectivity index (χ4n) is 3.01. The number of carbonyl (C=O) groups is 1. The Morgan fingerprint density at radius 3 is 2.38 bits per heavy atom. The molecular weight excluding hydrogens is 418 g/mol. The Bertz CT molecular complexity index is 699. The molecule has 0 unspecified atom stereocenters. The summed E-state index contributed by atoms with van der Waals surface area (Å²) in [6.45, 7) is 7.04. The first-order valence-electron chi connectivity index (χ1n) is 8.98. The fourth-order valence-corrected chi connectivity index (χ4v) is 4.31. The molecule has 1 aromatic rings. The van der Waals surface area contributed by atoms with E-state index >= 15 is 0 Å². The lowest BCUT2D eigenvalue weighted by Gasteiger charge is -2.41. The minimum Gasteiger partial charge on any atom is -0.354 e. The number of rotatable bonds is 8. The number of piperidine rings is 1. The van der Waals surface area contributed by atoms with Crippen LogP contribution >= 0.6 is 15.9 Å². The third-order valence-corrected chi connectivity index (χ3v) is 6.70. The zero-order chi connectivity index (χ0) is 19.2. The van der Waals surface area contributed by atoms with Crippen LogP contribution in [0.3, 0.4) is 0 Å². The molecule has 0 aliphatic carbocycles. The van der Waals surface area contributed by atoms with Crippen LogP contribution in [0.15, 0.2) is 33.6 Å². The SMILES string of the molecule is CC(C)(CNC(=O)CCNS(=O)(=O)c1ccc(Br)cc1)N1CCCCC1. The largest absolute Gasteiger partial charge is 0.354 e. The first-order valence-corrected chi connectivity index (χ1v) is 11.3. The number of amides is 1. The Kier molecular flexibility index (Phi) is 7.63. The predicted octanol–water partition coefficient (Wildman–Crippen LogP) is 2.50. The second kappa shape index (κ2) is 9.30. The molecule has 0 bridgehead atoms. The van der Waals surface area contributed by atoms with Gasteiger partial charge in [-0.05, 0) is 64.0 Å². The molecular formula is C18H28BrN3O3S. The van der Waals surface area contributed by atoms with E-state index in [-0.39, 0.29) is 29.3 Å². The summed E-state index contributed by atoms with van der Waals surface area (Å²) in [6, 6.07) is 6.38. The second-order valence-electron chi connectivity index (χ2n) is 7.24. The number of hydrogen-bond acceptors (Lipinski definition) is 4. The normalized spacial score (nSPS) is 16.4. The predicted molar refractivity (Wildman–Crippen MR) is 106 cm³/mol. The average molecular weight is 446 g/mol.